The molecule has 0 aliphatic heterocycles. The molecule has 0 N–H and O–H groups in total. The van der Waals surface area contributed by atoms with Gasteiger partial charge in [0.25, 0.3) is 0 Å². The first kappa shape index (κ1) is 36.4. The highest BCUT2D eigenvalue weighted by Crippen LogP contribution is 2.43. The van der Waals surface area contributed by atoms with Crippen molar-refractivity contribution < 1.29 is 4.42 Å². The zero-order valence-corrected chi connectivity index (χ0v) is 35.2. The quantitative estimate of drug-likeness (QED) is 0.167. The van der Waals surface area contributed by atoms with Crippen LogP contribution < -0.4 is 0 Å². The average Bonchev–Trinajstić information content (AvgIpc) is 3.96. The van der Waals surface area contributed by atoms with Crippen molar-refractivity contribution >= 4 is 75.1 Å². The molecule has 5 heteroatoms. The van der Waals surface area contributed by atoms with Gasteiger partial charge < -0.3 is 4.42 Å². The Bertz CT molecular complexity index is 3940. The number of pyridine rings is 1. The monoisotopic (exact) mass is 833 g/mol. The van der Waals surface area contributed by atoms with E-state index in [1.54, 1.807) is 0 Å². The van der Waals surface area contributed by atoms with Crippen LogP contribution in [0.25, 0.3) is 131 Å². The Kier molecular flexibility index (Phi) is 8.36. The maximum atomic E-state index is 6.61. The highest BCUT2D eigenvalue weighted by molar-refractivity contribution is 7.26. The molecule has 4 nitrogen and oxygen atoms in total. The third-order valence-electron chi connectivity index (χ3n) is 12.5. The molecule has 64 heavy (non-hydrogen) atoms. The number of benzene rings is 9. The Labute approximate surface area is 372 Å². The maximum Gasteiger partial charge on any atom is 0.162 e. The lowest BCUT2D eigenvalue weighted by Gasteiger charge is -2.12. The lowest BCUT2D eigenvalue weighted by atomic mass is 9.96. The molecule has 0 saturated carbocycles. The predicted octanol–water partition coefficient (Wildman–Crippen LogP) is 16.4. The molecule has 4 aromatic heterocycles. The van der Waals surface area contributed by atoms with E-state index < -0.39 is 0 Å². The molecule has 4 heterocycles. The summed E-state index contributed by atoms with van der Waals surface area (Å²) in [6, 6.07) is 74.9. The molecule has 13 aromatic rings. The number of fused-ring (bicyclic) bond motifs is 9. The van der Waals surface area contributed by atoms with E-state index in [2.05, 4.69) is 182 Å². The van der Waals surface area contributed by atoms with Crippen molar-refractivity contribution in [1.29, 1.82) is 0 Å². The van der Waals surface area contributed by atoms with Crippen molar-refractivity contribution in [2.45, 2.75) is 0 Å². The van der Waals surface area contributed by atoms with Gasteiger partial charge in [-0.15, -0.1) is 11.3 Å². The molecule has 0 bridgehead atoms. The third-order valence-corrected chi connectivity index (χ3v) is 13.7. The number of hydrogen-bond donors (Lipinski definition) is 0. The lowest BCUT2D eigenvalue weighted by Crippen LogP contribution is -1.96. The van der Waals surface area contributed by atoms with E-state index in [0.717, 1.165) is 88.7 Å². The maximum absolute atomic E-state index is 6.61. The first-order valence-corrected chi connectivity index (χ1v) is 22.3. The normalized spacial score (nSPS) is 11.8. The van der Waals surface area contributed by atoms with Gasteiger partial charge in [-0.1, -0.05) is 188 Å². The van der Waals surface area contributed by atoms with Crippen molar-refractivity contribution in [2.75, 3.05) is 0 Å². The number of thiophene rings is 1. The summed E-state index contributed by atoms with van der Waals surface area (Å²) in [7, 11) is 0. The number of hydrogen-bond acceptors (Lipinski definition) is 5. The van der Waals surface area contributed by atoms with Crippen LogP contribution in [0.2, 0.25) is 0 Å². The topological polar surface area (TPSA) is 51.8 Å². The molecule has 13 rings (SSSR count). The van der Waals surface area contributed by atoms with Gasteiger partial charge in [-0.2, -0.15) is 0 Å². The van der Waals surface area contributed by atoms with Crippen molar-refractivity contribution in [2.24, 2.45) is 0 Å². The molecule has 0 aliphatic rings. The number of aromatic nitrogens is 3. The van der Waals surface area contributed by atoms with Crippen molar-refractivity contribution in [3.05, 3.63) is 212 Å². The van der Waals surface area contributed by atoms with Crippen LogP contribution in [-0.4, -0.2) is 15.0 Å². The highest BCUT2D eigenvalue weighted by Gasteiger charge is 2.20. The number of rotatable bonds is 6. The number of nitrogens with zero attached hydrogens (tertiary/aromatic N) is 3. The van der Waals surface area contributed by atoms with Gasteiger partial charge in [0.15, 0.2) is 11.4 Å². The Balaban J connectivity index is 0.888. The fraction of sp³-hybridized carbons (Fsp3) is 0. The van der Waals surface area contributed by atoms with Crippen LogP contribution in [-0.2, 0) is 0 Å². The molecular weight excluding hydrogens is 799 g/mol. The first-order chi connectivity index (χ1) is 31.7. The molecule has 9 aromatic carbocycles. The van der Waals surface area contributed by atoms with Crippen LogP contribution in [0.1, 0.15) is 0 Å². The van der Waals surface area contributed by atoms with Crippen molar-refractivity contribution in [3.8, 4) is 67.4 Å². The molecule has 0 spiro atoms. The summed E-state index contributed by atoms with van der Waals surface area (Å²) in [5, 5.41) is 8.16. The molecule has 0 aliphatic carbocycles. The van der Waals surface area contributed by atoms with Crippen LogP contribution in [0.15, 0.2) is 217 Å². The molecule has 0 atom stereocenters. The molecule has 0 amide bonds. The Morgan fingerprint density at radius 1 is 0.375 bits per heavy atom. The molecule has 0 radical (unpaired) electrons. The van der Waals surface area contributed by atoms with E-state index in [1.165, 1.54) is 36.7 Å². The Hall–Kier alpha value is -8.25. The van der Waals surface area contributed by atoms with Crippen LogP contribution >= 0.6 is 11.3 Å². The van der Waals surface area contributed by atoms with E-state index in [-0.39, 0.29) is 0 Å². The SMILES string of the molecule is c1ccc(-c2nc(-c3ccc(-c4ccc5c(c4)nc(-c4cccc6ccccc46)c4oc6ccccc6c45)cc3)cc(-c3ccc(-c4cccc5c4sc4ccccc45)cc3)n2)cc1. The van der Waals surface area contributed by atoms with E-state index in [9.17, 15) is 0 Å². The standard InChI is InChI=1S/C59H35N3OS/c1-2-13-41(14-3-1)59-61-50(35-51(62-59)40-30-26-38(27-31-40)44-19-11-21-47-45-17-7-9-23-54(45)64-58(44)47)39-28-24-36(25-29-39)42-32-33-48-52(34-42)60-56(46-20-10-15-37-12-4-5-16-43(37)46)57-55(48)49-18-6-8-22-53(49)63-57/h1-35H. The molecular formula is C59H35N3OS. The van der Waals surface area contributed by atoms with Gasteiger partial charge >= 0.3 is 0 Å². The van der Waals surface area contributed by atoms with E-state index in [0.29, 0.717) is 5.82 Å². The second-order valence-corrected chi connectivity index (χ2v) is 17.3. The number of para-hydroxylation sites is 1. The number of furan rings is 1. The largest absolute Gasteiger partial charge is 0.454 e. The van der Waals surface area contributed by atoms with Gasteiger partial charge in [-0.3, -0.25) is 0 Å². The van der Waals surface area contributed by atoms with Gasteiger partial charge in [-0.05, 0) is 57.3 Å². The summed E-state index contributed by atoms with van der Waals surface area (Å²) in [5.74, 6) is 0.692. The van der Waals surface area contributed by atoms with Crippen LogP contribution in [0.4, 0.5) is 0 Å². The van der Waals surface area contributed by atoms with Gasteiger partial charge in [0.2, 0.25) is 0 Å². The molecule has 0 unspecified atom stereocenters. The second kappa shape index (κ2) is 14.7. The highest BCUT2D eigenvalue weighted by atomic mass is 32.1. The minimum Gasteiger partial charge on any atom is -0.454 e. The van der Waals surface area contributed by atoms with E-state index >= 15 is 0 Å². The van der Waals surface area contributed by atoms with Gasteiger partial charge in [0.05, 0.1) is 16.9 Å². The fourth-order valence-corrected chi connectivity index (χ4v) is 10.6. The molecule has 0 saturated heterocycles. The van der Waals surface area contributed by atoms with Crippen LogP contribution in [0.5, 0.6) is 0 Å². The van der Waals surface area contributed by atoms with Crippen LogP contribution in [0.3, 0.4) is 0 Å². The summed E-state index contributed by atoms with van der Waals surface area (Å²) in [6.45, 7) is 0. The van der Waals surface area contributed by atoms with Crippen molar-refractivity contribution in [3.63, 3.8) is 0 Å². The van der Waals surface area contributed by atoms with Crippen molar-refractivity contribution in [1.82, 2.24) is 15.0 Å². The zero-order valence-electron chi connectivity index (χ0n) is 34.4. The zero-order chi connectivity index (χ0) is 42.1. The second-order valence-electron chi connectivity index (χ2n) is 16.3. The summed E-state index contributed by atoms with van der Waals surface area (Å²) in [5.41, 5.74) is 13.9. The summed E-state index contributed by atoms with van der Waals surface area (Å²) in [6.07, 6.45) is 0. The summed E-state index contributed by atoms with van der Waals surface area (Å²) >= 11 is 1.86. The van der Waals surface area contributed by atoms with E-state index in [4.69, 9.17) is 19.4 Å². The summed E-state index contributed by atoms with van der Waals surface area (Å²) < 4.78 is 9.23. The lowest BCUT2D eigenvalue weighted by molar-refractivity contribution is 0.669. The first-order valence-electron chi connectivity index (χ1n) is 21.5. The average molecular weight is 834 g/mol. The predicted molar refractivity (Wildman–Crippen MR) is 268 cm³/mol. The Morgan fingerprint density at radius 2 is 0.984 bits per heavy atom. The summed E-state index contributed by atoms with van der Waals surface area (Å²) in [4.78, 5) is 15.7. The Morgan fingerprint density at radius 3 is 1.80 bits per heavy atom. The molecule has 0 fully saturated rings. The minimum absolute atomic E-state index is 0.692. The van der Waals surface area contributed by atoms with Gasteiger partial charge in [0, 0.05) is 58.6 Å². The van der Waals surface area contributed by atoms with Gasteiger partial charge in [0.1, 0.15) is 11.3 Å². The van der Waals surface area contributed by atoms with Crippen LogP contribution in [0, 0.1) is 0 Å². The van der Waals surface area contributed by atoms with E-state index in [1.807, 2.05) is 41.7 Å². The molecule has 298 valence electrons. The fourth-order valence-electron chi connectivity index (χ4n) is 9.37. The minimum atomic E-state index is 0.692. The smallest absolute Gasteiger partial charge is 0.162 e. The third kappa shape index (κ3) is 6.01. The van der Waals surface area contributed by atoms with Gasteiger partial charge in [-0.25, -0.2) is 15.0 Å².